The number of ether oxygens (including phenoxy) is 3. The first kappa shape index (κ1) is 24.8. The number of carbonyl (C=O) groups excluding carboxylic acids is 2. The fourth-order valence-electron chi connectivity index (χ4n) is 3.98. The van der Waals surface area contributed by atoms with Gasteiger partial charge in [-0.3, -0.25) is 4.79 Å². The van der Waals surface area contributed by atoms with Crippen molar-refractivity contribution < 1.29 is 23.8 Å². The number of amides is 1. The van der Waals surface area contributed by atoms with Crippen molar-refractivity contribution in [3.05, 3.63) is 71.4 Å². The molecule has 2 aromatic carbocycles. The number of carbonyl (C=O) groups is 2. The topological polar surface area (TPSA) is 89.5 Å². The lowest BCUT2D eigenvalue weighted by Crippen LogP contribution is -2.42. The number of thioether (sulfide) groups is 1. The Bertz CT molecular complexity index is 1100. The number of para-hydroxylation sites is 1. The Morgan fingerprint density at radius 1 is 1.11 bits per heavy atom. The van der Waals surface area contributed by atoms with E-state index in [0.29, 0.717) is 29.3 Å². The molecular formula is C26H29N3O5S. The minimum atomic E-state index is -0.390. The molecule has 2 aliphatic heterocycles. The van der Waals surface area contributed by atoms with E-state index in [4.69, 9.17) is 19.2 Å². The summed E-state index contributed by atoms with van der Waals surface area (Å²) in [5, 5.41) is 3.77. The monoisotopic (exact) mass is 495 g/mol. The highest BCUT2D eigenvalue weighted by atomic mass is 32.2. The number of nitrogens with one attached hydrogen (secondary N) is 1. The predicted molar refractivity (Wildman–Crippen MR) is 137 cm³/mol. The second kappa shape index (κ2) is 11.9. The summed E-state index contributed by atoms with van der Waals surface area (Å²) in [5.74, 6) is 0.996. The van der Waals surface area contributed by atoms with Gasteiger partial charge in [0.15, 0.2) is 11.8 Å². The van der Waals surface area contributed by atoms with Crippen molar-refractivity contribution >= 4 is 34.5 Å². The highest BCUT2D eigenvalue weighted by Crippen LogP contribution is 2.40. The van der Waals surface area contributed by atoms with Gasteiger partial charge in [-0.1, -0.05) is 42.1 Å². The van der Waals surface area contributed by atoms with Gasteiger partial charge in [0.25, 0.3) is 5.91 Å². The minimum Gasteiger partial charge on any atom is -0.484 e. The number of aliphatic imine (C=N–C) groups is 1. The first-order valence-corrected chi connectivity index (χ1v) is 12.5. The Balaban J connectivity index is 1.49. The Morgan fingerprint density at radius 2 is 1.89 bits per heavy atom. The van der Waals surface area contributed by atoms with Crippen LogP contribution in [0.3, 0.4) is 0 Å². The lowest BCUT2D eigenvalue weighted by atomic mass is 9.94. The third-order valence-electron chi connectivity index (χ3n) is 5.62. The molecule has 0 radical (unpaired) electrons. The van der Waals surface area contributed by atoms with Crippen molar-refractivity contribution in [2.45, 2.75) is 19.4 Å². The van der Waals surface area contributed by atoms with Crippen LogP contribution in [-0.2, 0) is 19.1 Å². The molecule has 9 heteroatoms. The molecular weight excluding hydrogens is 466 g/mol. The molecule has 2 aromatic rings. The molecule has 0 aliphatic carbocycles. The Morgan fingerprint density at radius 3 is 2.63 bits per heavy atom. The molecule has 1 fully saturated rings. The van der Waals surface area contributed by atoms with Crippen molar-refractivity contribution in [3.8, 4) is 5.75 Å². The first-order valence-electron chi connectivity index (χ1n) is 11.5. The van der Waals surface area contributed by atoms with Crippen molar-refractivity contribution in [1.29, 1.82) is 0 Å². The predicted octanol–water partition coefficient (Wildman–Crippen LogP) is 4.02. The molecule has 4 rings (SSSR count). The van der Waals surface area contributed by atoms with Gasteiger partial charge in [-0.2, -0.15) is 0 Å². The van der Waals surface area contributed by atoms with Crippen molar-refractivity contribution in [1.82, 2.24) is 4.90 Å². The SMILES string of the molecule is COCCOC(=O)C1=C(C)N=C2SCCCN2C1c1ccc(NC(=O)COc2ccccc2)cc1. The van der Waals surface area contributed by atoms with Gasteiger partial charge in [-0.15, -0.1) is 0 Å². The largest absolute Gasteiger partial charge is 0.484 e. The molecule has 0 saturated carbocycles. The number of amidine groups is 1. The van der Waals surface area contributed by atoms with Crippen LogP contribution >= 0.6 is 11.8 Å². The van der Waals surface area contributed by atoms with Crippen LogP contribution in [0.25, 0.3) is 0 Å². The molecule has 1 atom stereocenters. The highest BCUT2D eigenvalue weighted by molar-refractivity contribution is 8.13. The molecule has 1 unspecified atom stereocenters. The number of methoxy groups -OCH3 is 1. The third kappa shape index (κ3) is 6.23. The summed E-state index contributed by atoms with van der Waals surface area (Å²) in [6.07, 6.45) is 1.00. The Hall–Kier alpha value is -3.30. The number of nitrogens with zero attached hydrogens (tertiary/aromatic N) is 2. The molecule has 1 N–H and O–H groups in total. The maximum atomic E-state index is 13.0. The van der Waals surface area contributed by atoms with E-state index in [1.807, 2.05) is 49.4 Å². The van der Waals surface area contributed by atoms with Crippen LogP contribution in [0.1, 0.15) is 24.9 Å². The van der Waals surface area contributed by atoms with Gasteiger partial charge in [-0.05, 0) is 43.2 Å². The van der Waals surface area contributed by atoms with Crippen LogP contribution in [0.2, 0.25) is 0 Å². The summed E-state index contributed by atoms with van der Waals surface area (Å²) in [7, 11) is 1.57. The first-order chi connectivity index (χ1) is 17.1. The fourth-order valence-corrected chi connectivity index (χ4v) is 5.00. The van der Waals surface area contributed by atoms with Gasteiger partial charge in [0.05, 0.1) is 23.9 Å². The third-order valence-corrected chi connectivity index (χ3v) is 6.70. The normalized spacial score (nSPS) is 17.4. The molecule has 0 bridgehead atoms. The number of fused-ring (bicyclic) bond motifs is 1. The maximum Gasteiger partial charge on any atom is 0.338 e. The van der Waals surface area contributed by atoms with E-state index < -0.39 is 5.97 Å². The molecule has 184 valence electrons. The summed E-state index contributed by atoms with van der Waals surface area (Å²) < 4.78 is 16.0. The summed E-state index contributed by atoms with van der Waals surface area (Å²) in [6, 6.07) is 16.4. The summed E-state index contributed by atoms with van der Waals surface area (Å²) >= 11 is 1.70. The molecule has 2 aliphatic rings. The molecule has 8 nitrogen and oxygen atoms in total. The minimum absolute atomic E-state index is 0.0847. The van der Waals surface area contributed by atoms with Gasteiger partial charge < -0.3 is 24.4 Å². The van der Waals surface area contributed by atoms with Crippen LogP contribution in [0.5, 0.6) is 5.75 Å². The molecule has 2 heterocycles. The van der Waals surface area contributed by atoms with E-state index in [1.165, 1.54) is 0 Å². The van der Waals surface area contributed by atoms with Crippen LogP contribution in [0.15, 0.2) is 70.9 Å². The van der Waals surface area contributed by atoms with E-state index in [1.54, 1.807) is 31.0 Å². The van der Waals surface area contributed by atoms with E-state index in [0.717, 1.165) is 29.4 Å². The fraction of sp³-hybridized carbons (Fsp3) is 0.346. The average molecular weight is 496 g/mol. The number of anilines is 1. The lowest BCUT2D eigenvalue weighted by Gasteiger charge is -2.40. The summed E-state index contributed by atoms with van der Waals surface area (Å²) in [6.45, 7) is 3.08. The molecule has 1 amide bonds. The van der Waals surface area contributed by atoms with Crippen molar-refractivity contribution in [2.24, 2.45) is 4.99 Å². The second-order valence-electron chi connectivity index (χ2n) is 8.09. The molecule has 0 spiro atoms. The van der Waals surface area contributed by atoms with E-state index in [-0.39, 0.29) is 25.2 Å². The van der Waals surface area contributed by atoms with Crippen LogP contribution in [-0.4, -0.2) is 61.2 Å². The van der Waals surface area contributed by atoms with Gasteiger partial charge in [-0.25, -0.2) is 9.79 Å². The Labute approximate surface area is 209 Å². The number of rotatable bonds is 9. The van der Waals surface area contributed by atoms with Crippen LogP contribution in [0, 0.1) is 0 Å². The zero-order chi connectivity index (χ0) is 24.6. The highest BCUT2D eigenvalue weighted by Gasteiger charge is 2.37. The molecule has 0 aromatic heterocycles. The average Bonchev–Trinajstić information content (AvgIpc) is 2.88. The smallest absolute Gasteiger partial charge is 0.338 e. The van der Waals surface area contributed by atoms with E-state index in [9.17, 15) is 9.59 Å². The quantitative estimate of drug-likeness (QED) is 0.415. The second-order valence-corrected chi connectivity index (χ2v) is 9.15. The van der Waals surface area contributed by atoms with Crippen LogP contribution < -0.4 is 10.1 Å². The lowest BCUT2D eigenvalue weighted by molar-refractivity contribution is -0.141. The van der Waals surface area contributed by atoms with E-state index >= 15 is 0 Å². The molecule has 1 saturated heterocycles. The summed E-state index contributed by atoms with van der Waals surface area (Å²) in [5.41, 5.74) is 2.77. The zero-order valence-electron chi connectivity index (χ0n) is 19.9. The number of allylic oxidation sites excluding steroid dienone is 1. The van der Waals surface area contributed by atoms with Gasteiger partial charge >= 0.3 is 5.97 Å². The van der Waals surface area contributed by atoms with Gasteiger partial charge in [0.2, 0.25) is 0 Å². The van der Waals surface area contributed by atoms with Crippen molar-refractivity contribution in [3.63, 3.8) is 0 Å². The molecule has 35 heavy (non-hydrogen) atoms. The number of hydrogen-bond donors (Lipinski definition) is 1. The van der Waals surface area contributed by atoms with Crippen LogP contribution in [0.4, 0.5) is 5.69 Å². The standard InChI is InChI=1S/C26H29N3O5S/c1-18-23(25(31)33-15-14-32-2)24(29-13-6-16-35-26(29)27-18)19-9-11-20(12-10-19)28-22(30)17-34-21-7-4-3-5-8-21/h3-5,7-12,24H,6,13-17H2,1-2H3,(H,28,30). The van der Waals surface area contributed by atoms with E-state index in [2.05, 4.69) is 10.2 Å². The number of hydrogen-bond acceptors (Lipinski definition) is 8. The zero-order valence-corrected chi connectivity index (χ0v) is 20.7. The Kier molecular flexibility index (Phi) is 8.44. The number of benzene rings is 2. The number of esters is 1. The van der Waals surface area contributed by atoms with Crippen molar-refractivity contribution in [2.75, 3.05) is 44.5 Å². The summed E-state index contributed by atoms with van der Waals surface area (Å²) in [4.78, 5) is 32.2. The van der Waals surface area contributed by atoms with Gasteiger partial charge in [0.1, 0.15) is 12.4 Å². The maximum absolute atomic E-state index is 13.0. The van der Waals surface area contributed by atoms with Gasteiger partial charge in [0, 0.05) is 25.1 Å².